The van der Waals surface area contributed by atoms with Crippen LogP contribution in [0.1, 0.15) is 49.9 Å². The zero-order valence-electron chi connectivity index (χ0n) is 14.7. The van der Waals surface area contributed by atoms with Crippen LogP contribution in [0.25, 0.3) is 0 Å². The molecule has 0 aromatic heterocycles. The van der Waals surface area contributed by atoms with Crippen LogP contribution in [0.2, 0.25) is 0 Å². The van der Waals surface area contributed by atoms with Gasteiger partial charge in [0.1, 0.15) is 0 Å². The van der Waals surface area contributed by atoms with E-state index in [9.17, 15) is 4.79 Å². The van der Waals surface area contributed by atoms with E-state index in [4.69, 9.17) is 5.73 Å². The van der Waals surface area contributed by atoms with E-state index in [1.807, 2.05) is 12.1 Å². The van der Waals surface area contributed by atoms with Crippen LogP contribution in [0.5, 0.6) is 0 Å². The average Bonchev–Trinajstić information content (AvgIpc) is 3.05. The second-order valence-corrected chi connectivity index (χ2v) is 6.18. The van der Waals surface area contributed by atoms with Crippen molar-refractivity contribution >= 4 is 36.4 Å². The van der Waals surface area contributed by atoms with Gasteiger partial charge in [0.05, 0.1) is 5.56 Å². The number of amides is 1. The number of halogens is 2. The zero-order chi connectivity index (χ0) is 15.9. The fourth-order valence-corrected chi connectivity index (χ4v) is 3.50. The summed E-state index contributed by atoms with van der Waals surface area (Å²) in [5.41, 5.74) is 7.01. The molecule has 1 saturated heterocycles. The third-order valence-corrected chi connectivity index (χ3v) is 4.88. The Morgan fingerprint density at radius 2 is 1.75 bits per heavy atom. The van der Waals surface area contributed by atoms with Gasteiger partial charge in [0.25, 0.3) is 5.91 Å². The highest BCUT2D eigenvalue weighted by Gasteiger charge is 2.28. The standard InChI is InChI=1S/C18H29N3O.2ClH/c1-3-14(4-2)17(21-11-7-8-12-21)13-20-18(22)15-9-5-6-10-16(15)19;;/h5-6,9-10,14,17H,3-4,7-8,11-13,19H2,1-2H3,(H,20,22);2*1H. The summed E-state index contributed by atoms with van der Waals surface area (Å²) < 4.78 is 0. The van der Waals surface area contributed by atoms with E-state index >= 15 is 0 Å². The fourth-order valence-electron chi connectivity index (χ4n) is 3.50. The highest BCUT2D eigenvalue weighted by atomic mass is 35.5. The van der Waals surface area contributed by atoms with Crippen LogP contribution < -0.4 is 11.1 Å². The number of nitrogens with zero attached hydrogens (tertiary/aromatic N) is 1. The maximum Gasteiger partial charge on any atom is 0.253 e. The summed E-state index contributed by atoms with van der Waals surface area (Å²) in [5, 5.41) is 3.11. The predicted molar refractivity (Wildman–Crippen MR) is 106 cm³/mol. The van der Waals surface area contributed by atoms with Crippen molar-refractivity contribution < 1.29 is 4.79 Å². The Kier molecular flexibility index (Phi) is 11.1. The molecule has 0 aliphatic carbocycles. The van der Waals surface area contributed by atoms with E-state index in [1.54, 1.807) is 12.1 Å². The second kappa shape index (κ2) is 11.6. The summed E-state index contributed by atoms with van der Waals surface area (Å²) in [6, 6.07) is 7.69. The molecular formula is C18H31Cl2N3O. The van der Waals surface area contributed by atoms with Gasteiger partial charge in [-0.25, -0.2) is 0 Å². The lowest BCUT2D eigenvalue weighted by Gasteiger charge is -2.34. The van der Waals surface area contributed by atoms with Crippen molar-refractivity contribution in [3.8, 4) is 0 Å². The Balaban J connectivity index is 0.00000264. The minimum Gasteiger partial charge on any atom is -0.398 e. The number of likely N-dealkylation sites (tertiary alicyclic amines) is 1. The van der Waals surface area contributed by atoms with Crippen LogP contribution in [0.15, 0.2) is 24.3 Å². The normalized spacial score (nSPS) is 15.5. The van der Waals surface area contributed by atoms with Gasteiger partial charge in [0.2, 0.25) is 0 Å². The van der Waals surface area contributed by atoms with Crippen LogP contribution in [-0.2, 0) is 0 Å². The van der Waals surface area contributed by atoms with Crippen molar-refractivity contribution in [1.82, 2.24) is 10.2 Å². The fraction of sp³-hybridized carbons (Fsp3) is 0.611. The van der Waals surface area contributed by atoms with Crippen molar-refractivity contribution in [2.75, 3.05) is 25.4 Å². The molecule has 0 saturated carbocycles. The van der Waals surface area contributed by atoms with Gasteiger partial charge in [0.15, 0.2) is 0 Å². The van der Waals surface area contributed by atoms with Crippen LogP contribution >= 0.6 is 24.8 Å². The van der Waals surface area contributed by atoms with Crippen molar-refractivity contribution in [1.29, 1.82) is 0 Å². The van der Waals surface area contributed by atoms with Gasteiger partial charge in [0, 0.05) is 18.3 Å². The molecule has 3 N–H and O–H groups in total. The molecule has 1 aliphatic heterocycles. The molecule has 1 aromatic carbocycles. The zero-order valence-corrected chi connectivity index (χ0v) is 16.3. The minimum atomic E-state index is -0.0618. The van der Waals surface area contributed by atoms with Gasteiger partial charge in [-0.15, -0.1) is 24.8 Å². The summed E-state index contributed by atoms with van der Waals surface area (Å²) >= 11 is 0. The van der Waals surface area contributed by atoms with Gasteiger partial charge in [-0.05, 0) is 44.0 Å². The number of hydrogen-bond donors (Lipinski definition) is 2. The number of benzene rings is 1. The molecular weight excluding hydrogens is 345 g/mol. The molecule has 2 rings (SSSR count). The van der Waals surface area contributed by atoms with E-state index < -0.39 is 0 Å². The lowest BCUT2D eigenvalue weighted by atomic mass is 9.92. The lowest BCUT2D eigenvalue weighted by molar-refractivity contribution is 0.0918. The monoisotopic (exact) mass is 375 g/mol. The molecule has 0 spiro atoms. The first-order valence-corrected chi connectivity index (χ1v) is 8.54. The maximum absolute atomic E-state index is 12.4. The Bertz CT molecular complexity index is 487. The number of rotatable bonds is 7. The molecule has 1 aromatic rings. The molecule has 1 aliphatic rings. The first kappa shape index (κ1) is 23.0. The van der Waals surface area contributed by atoms with Gasteiger partial charge >= 0.3 is 0 Å². The number of nitrogens with one attached hydrogen (secondary N) is 1. The first-order chi connectivity index (χ1) is 10.7. The third-order valence-electron chi connectivity index (χ3n) is 4.88. The molecule has 0 radical (unpaired) electrons. The number of hydrogen-bond acceptors (Lipinski definition) is 3. The number of nitrogens with two attached hydrogens (primary N) is 1. The first-order valence-electron chi connectivity index (χ1n) is 8.54. The molecule has 1 unspecified atom stereocenters. The topological polar surface area (TPSA) is 58.4 Å². The molecule has 1 amide bonds. The molecule has 6 heteroatoms. The van der Waals surface area contributed by atoms with Crippen molar-refractivity contribution in [2.24, 2.45) is 5.92 Å². The molecule has 24 heavy (non-hydrogen) atoms. The Labute approximate surface area is 158 Å². The van der Waals surface area contributed by atoms with Gasteiger partial charge in [-0.2, -0.15) is 0 Å². The van der Waals surface area contributed by atoms with Gasteiger partial charge in [-0.1, -0.05) is 38.8 Å². The molecule has 1 fully saturated rings. The van der Waals surface area contributed by atoms with E-state index in [1.165, 1.54) is 12.8 Å². The SMILES string of the molecule is CCC(CC)C(CNC(=O)c1ccccc1N)N1CCCC1.Cl.Cl. The molecule has 1 atom stereocenters. The largest absolute Gasteiger partial charge is 0.398 e. The number of para-hydroxylation sites is 1. The number of anilines is 1. The lowest BCUT2D eigenvalue weighted by Crippen LogP contribution is -2.46. The number of carbonyl (C=O) groups is 1. The van der Waals surface area contributed by atoms with E-state index in [0.29, 0.717) is 29.8 Å². The summed E-state index contributed by atoms with van der Waals surface area (Å²) in [4.78, 5) is 14.9. The smallest absolute Gasteiger partial charge is 0.253 e. The molecule has 4 nitrogen and oxygen atoms in total. The summed E-state index contributed by atoms with van der Waals surface area (Å²) in [7, 11) is 0. The van der Waals surface area contributed by atoms with Crippen molar-refractivity contribution in [2.45, 2.75) is 45.6 Å². The quantitative estimate of drug-likeness (QED) is 0.713. The van der Waals surface area contributed by atoms with Crippen LogP contribution in [0.3, 0.4) is 0 Å². The minimum absolute atomic E-state index is 0. The third kappa shape index (κ3) is 5.83. The Morgan fingerprint density at radius 1 is 1.17 bits per heavy atom. The van der Waals surface area contributed by atoms with Crippen LogP contribution in [-0.4, -0.2) is 36.5 Å². The summed E-state index contributed by atoms with van der Waals surface area (Å²) in [5.74, 6) is 0.569. The van der Waals surface area contributed by atoms with E-state index in [-0.39, 0.29) is 30.7 Å². The van der Waals surface area contributed by atoms with Crippen LogP contribution in [0, 0.1) is 5.92 Å². The summed E-state index contributed by atoms with van der Waals surface area (Å²) in [6.45, 7) is 7.51. The number of nitrogen functional groups attached to an aromatic ring is 1. The molecule has 0 bridgehead atoms. The summed E-state index contributed by atoms with van der Waals surface area (Å²) in [6.07, 6.45) is 4.86. The Morgan fingerprint density at radius 3 is 2.29 bits per heavy atom. The second-order valence-electron chi connectivity index (χ2n) is 6.18. The van der Waals surface area contributed by atoms with Gasteiger partial charge < -0.3 is 11.1 Å². The van der Waals surface area contributed by atoms with E-state index in [2.05, 4.69) is 24.1 Å². The van der Waals surface area contributed by atoms with Crippen molar-refractivity contribution in [3.05, 3.63) is 29.8 Å². The van der Waals surface area contributed by atoms with E-state index in [0.717, 1.165) is 25.9 Å². The highest BCUT2D eigenvalue weighted by Crippen LogP contribution is 2.22. The van der Waals surface area contributed by atoms with Crippen LogP contribution in [0.4, 0.5) is 5.69 Å². The average molecular weight is 376 g/mol. The maximum atomic E-state index is 12.4. The predicted octanol–water partition coefficient (Wildman–Crippen LogP) is 3.74. The Hall–Kier alpha value is -0.970. The van der Waals surface area contributed by atoms with Crippen molar-refractivity contribution in [3.63, 3.8) is 0 Å². The highest BCUT2D eigenvalue weighted by molar-refractivity contribution is 5.99. The molecule has 138 valence electrons. The molecule has 1 heterocycles. The number of carbonyl (C=O) groups excluding carboxylic acids is 1. The van der Waals surface area contributed by atoms with Gasteiger partial charge in [-0.3, -0.25) is 9.69 Å².